The number of carbonyl (C=O) groups is 2. The first-order valence-electron chi connectivity index (χ1n) is 9.82. The Kier molecular flexibility index (Phi) is 6.42. The lowest BCUT2D eigenvalue weighted by Crippen LogP contribution is -2.45. The molecule has 1 amide bonds. The van der Waals surface area contributed by atoms with Crippen molar-refractivity contribution in [1.29, 1.82) is 0 Å². The lowest BCUT2D eigenvalue weighted by atomic mass is 9.97. The van der Waals surface area contributed by atoms with Crippen LogP contribution < -0.4 is 9.47 Å². The van der Waals surface area contributed by atoms with Crippen molar-refractivity contribution in [2.24, 2.45) is 5.92 Å². The van der Waals surface area contributed by atoms with Crippen LogP contribution in [-0.4, -0.2) is 48.2 Å². The smallest absolute Gasteiger partial charge is 0.335 e. The van der Waals surface area contributed by atoms with E-state index < -0.39 is 5.97 Å². The van der Waals surface area contributed by atoms with Gasteiger partial charge in [0.2, 0.25) is 5.91 Å². The highest BCUT2D eigenvalue weighted by molar-refractivity contribution is 5.89. The maximum Gasteiger partial charge on any atom is 0.335 e. The lowest BCUT2D eigenvalue weighted by Gasteiger charge is -2.35. The Morgan fingerprint density at radius 3 is 2.62 bits per heavy atom. The summed E-state index contributed by atoms with van der Waals surface area (Å²) in [5.74, 6) is 0.819. The molecule has 1 N–H and O–H groups in total. The molecule has 1 aliphatic heterocycles. The predicted molar refractivity (Wildman–Crippen MR) is 110 cm³/mol. The minimum atomic E-state index is -0.965. The highest BCUT2D eigenvalue weighted by Gasteiger charge is 2.27. The standard InChI is InChI=1S/C23H27NO5/c1-15(2)24-13-16(7-8-22(24)25)14-29-21-11-19(10-20(12-21)28-3)17-5-4-6-18(9-17)23(26)27/h4-6,9-12,15-16H,7-8,13-14H2,1-3H3,(H,26,27). The molecule has 0 aromatic heterocycles. The van der Waals surface area contributed by atoms with Crippen molar-refractivity contribution in [2.45, 2.75) is 32.7 Å². The summed E-state index contributed by atoms with van der Waals surface area (Å²) in [7, 11) is 1.59. The zero-order valence-corrected chi connectivity index (χ0v) is 17.1. The average molecular weight is 397 g/mol. The van der Waals surface area contributed by atoms with Crippen LogP contribution in [0, 0.1) is 5.92 Å². The van der Waals surface area contributed by atoms with E-state index in [9.17, 15) is 14.7 Å². The molecular weight excluding hydrogens is 370 g/mol. The van der Waals surface area contributed by atoms with Crippen molar-refractivity contribution in [2.75, 3.05) is 20.3 Å². The van der Waals surface area contributed by atoms with Gasteiger partial charge in [0, 0.05) is 31.0 Å². The van der Waals surface area contributed by atoms with E-state index in [1.807, 2.05) is 43.0 Å². The molecule has 2 aromatic rings. The molecule has 1 heterocycles. The van der Waals surface area contributed by atoms with Gasteiger partial charge in [-0.05, 0) is 55.7 Å². The van der Waals surface area contributed by atoms with Crippen LogP contribution in [0.2, 0.25) is 0 Å². The number of carbonyl (C=O) groups excluding carboxylic acids is 1. The molecule has 2 aromatic carbocycles. The van der Waals surface area contributed by atoms with E-state index in [1.54, 1.807) is 25.3 Å². The van der Waals surface area contributed by atoms with Gasteiger partial charge in [-0.3, -0.25) is 4.79 Å². The second-order valence-electron chi connectivity index (χ2n) is 7.64. The summed E-state index contributed by atoms with van der Waals surface area (Å²) >= 11 is 0. The van der Waals surface area contributed by atoms with Gasteiger partial charge >= 0.3 is 5.97 Å². The molecule has 1 saturated heterocycles. The van der Waals surface area contributed by atoms with Crippen LogP contribution in [-0.2, 0) is 4.79 Å². The van der Waals surface area contributed by atoms with Gasteiger partial charge < -0.3 is 19.5 Å². The molecule has 0 aliphatic carbocycles. The summed E-state index contributed by atoms with van der Waals surface area (Å²) < 4.78 is 11.5. The quantitative estimate of drug-likeness (QED) is 0.762. The van der Waals surface area contributed by atoms with Crippen LogP contribution in [0.1, 0.15) is 37.0 Å². The average Bonchev–Trinajstić information content (AvgIpc) is 2.72. The highest BCUT2D eigenvalue weighted by Crippen LogP contribution is 2.31. The summed E-state index contributed by atoms with van der Waals surface area (Å²) in [4.78, 5) is 25.2. The number of piperidine rings is 1. The Bertz CT molecular complexity index is 893. The number of benzene rings is 2. The maximum atomic E-state index is 12.0. The zero-order chi connectivity index (χ0) is 21.0. The SMILES string of the molecule is COc1cc(OCC2CCC(=O)N(C(C)C)C2)cc(-c2cccc(C(=O)O)c2)c1. The Hall–Kier alpha value is -3.02. The molecular formula is C23H27NO5. The van der Waals surface area contributed by atoms with E-state index in [-0.39, 0.29) is 23.4 Å². The topological polar surface area (TPSA) is 76.1 Å². The number of aromatic carboxylic acids is 1. The number of hydrogen-bond donors (Lipinski definition) is 1. The third kappa shape index (κ3) is 5.08. The number of nitrogens with zero attached hydrogens (tertiary/aromatic N) is 1. The minimum Gasteiger partial charge on any atom is -0.497 e. The van der Waals surface area contributed by atoms with Crippen molar-refractivity contribution < 1.29 is 24.2 Å². The summed E-state index contributed by atoms with van der Waals surface area (Å²) in [6.07, 6.45) is 1.37. The molecule has 154 valence electrons. The van der Waals surface area contributed by atoms with Gasteiger partial charge in [-0.2, -0.15) is 0 Å². The van der Waals surface area contributed by atoms with Crippen molar-refractivity contribution in [1.82, 2.24) is 4.90 Å². The zero-order valence-electron chi connectivity index (χ0n) is 17.1. The summed E-state index contributed by atoms with van der Waals surface area (Å²) in [6.45, 7) is 5.27. The molecule has 0 saturated carbocycles. The van der Waals surface area contributed by atoms with E-state index in [0.29, 0.717) is 31.1 Å². The second kappa shape index (κ2) is 8.99. The van der Waals surface area contributed by atoms with E-state index in [1.165, 1.54) is 0 Å². The van der Waals surface area contributed by atoms with E-state index in [4.69, 9.17) is 9.47 Å². The highest BCUT2D eigenvalue weighted by atomic mass is 16.5. The van der Waals surface area contributed by atoms with E-state index >= 15 is 0 Å². The van der Waals surface area contributed by atoms with E-state index in [2.05, 4.69) is 0 Å². The fraction of sp³-hybridized carbons (Fsp3) is 0.391. The molecule has 1 unspecified atom stereocenters. The molecule has 0 bridgehead atoms. The molecule has 0 spiro atoms. The van der Waals surface area contributed by atoms with Crippen LogP contribution in [0.5, 0.6) is 11.5 Å². The van der Waals surface area contributed by atoms with Gasteiger partial charge in [0.25, 0.3) is 0 Å². The third-order valence-corrected chi connectivity index (χ3v) is 5.21. The van der Waals surface area contributed by atoms with Gasteiger partial charge in [0.05, 0.1) is 19.3 Å². The number of ether oxygens (including phenoxy) is 2. The van der Waals surface area contributed by atoms with Crippen LogP contribution in [0.15, 0.2) is 42.5 Å². The fourth-order valence-corrected chi connectivity index (χ4v) is 3.56. The molecule has 3 rings (SSSR count). The lowest BCUT2D eigenvalue weighted by molar-refractivity contribution is -0.137. The van der Waals surface area contributed by atoms with Crippen molar-refractivity contribution in [3.63, 3.8) is 0 Å². The number of amides is 1. The van der Waals surface area contributed by atoms with Crippen molar-refractivity contribution in [3.8, 4) is 22.6 Å². The predicted octanol–water partition coefficient (Wildman–Crippen LogP) is 4.09. The number of carboxylic acids is 1. The first-order chi connectivity index (χ1) is 13.9. The van der Waals surface area contributed by atoms with Gasteiger partial charge in [-0.25, -0.2) is 4.79 Å². The van der Waals surface area contributed by atoms with Gasteiger partial charge in [-0.1, -0.05) is 12.1 Å². The number of likely N-dealkylation sites (tertiary alicyclic amines) is 1. The molecule has 1 fully saturated rings. The fourth-order valence-electron chi connectivity index (χ4n) is 3.56. The molecule has 1 atom stereocenters. The minimum absolute atomic E-state index is 0.190. The molecule has 1 aliphatic rings. The summed E-state index contributed by atoms with van der Waals surface area (Å²) in [6, 6.07) is 12.5. The molecule has 29 heavy (non-hydrogen) atoms. The van der Waals surface area contributed by atoms with Gasteiger partial charge in [0.1, 0.15) is 11.5 Å². The summed E-state index contributed by atoms with van der Waals surface area (Å²) in [5, 5.41) is 9.24. The number of carboxylic acid groups (broad SMARTS) is 1. The monoisotopic (exact) mass is 397 g/mol. The van der Waals surface area contributed by atoms with Crippen LogP contribution in [0.25, 0.3) is 11.1 Å². The van der Waals surface area contributed by atoms with E-state index in [0.717, 1.165) is 17.5 Å². The molecule has 6 nitrogen and oxygen atoms in total. The Labute approximate surface area is 171 Å². The number of hydrogen-bond acceptors (Lipinski definition) is 4. The largest absolute Gasteiger partial charge is 0.497 e. The van der Waals surface area contributed by atoms with Crippen molar-refractivity contribution in [3.05, 3.63) is 48.0 Å². The van der Waals surface area contributed by atoms with Crippen LogP contribution in [0.3, 0.4) is 0 Å². The molecule has 6 heteroatoms. The normalized spacial score (nSPS) is 16.8. The van der Waals surface area contributed by atoms with Gasteiger partial charge in [0.15, 0.2) is 0 Å². The van der Waals surface area contributed by atoms with Gasteiger partial charge in [-0.15, -0.1) is 0 Å². The molecule has 0 radical (unpaired) electrons. The Morgan fingerprint density at radius 1 is 1.17 bits per heavy atom. The van der Waals surface area contributed by atoms with Crippen LogP contribution in [0.4, 0.5) is 0 Å². The van der Waals surface area contributed by atoms with Crippen molar-refractivity contribution >= 4 is 11.9 Å². The second-order valence-corrected chi connectivity index (χ2v) is 7.64. The number of methoxy groups -OCH3 is 1. The number of rotatable bonds is 7. The maximum absolute atomic E-state index is 12.0. The van der Waals surface area contributed by atoms with Crippen LogP contribution >= 0.6 is 0 Å². The first-order valence-corrected chi connectivity index (χ1v) is 9.82. The summed E-state index contributed by atoms with van der Waals surface area (Å²) in [5.41, 5.74) is 1.83. The Morgan fingerprint density at radius 2 is 1.93 bits per heavy atom. The third-order valence-electron chi connectivity index (χ3n) is 5.21. The Balaban J connectivity index is 1.76. The first kappa shape index (κ1) is 20.7.